The molecule has 1 saturated carbocycles. The number of hydrogen-bond acceptors (Lipinski definition) is 4. The topological polar surface area (TPSA) is 69.9 Å². The maximum atomic E-state index is 14.0. The molecule has 2 N–H and O–H groups in total. The van der Waals surface area contributed by atoms with Gasteiger partial charge in [-0.05, 0) is 30.5 Å². The Morgan fingerprint density at radius 3 is 2.46 bits per heavy atom. The van der Waals surface area contributed by atoms with Crippen LogP contribution >= 0.6 is 0 Å². The van der Waals surface area contributed by atoms with E-state index in [0.29, 0.717) is 47.2 Å². The van der Waals surface area contributed by atoms with E-state index in [4.69, 9.17) is 0 Å². The third kappa shape index (κ3) is 2.58. The summed E-state index contributed by atoms with van der Waals surface area (Å²) in [5.74, 6) is -1.87. The van der Waals surface area contributed by atoms with Gasteiger partial charge in [-0.2, -0.15) is 0 Å². The van der Waals surface area contributed by atoms with E-state index in [9.17, 15) is 19.4 Å². The van der Waals surface area contributed by atoms with Crippen LogP contribution in [0.5, 0.6) is 11.5 Å². The molecule has 0 aromatic heterocycles. The van der Waals surface area contributed by atoms with Gasteiger partial charge in [0.25, 0.3) is 0 Å². The molecular formula is C23H20FNO3. The number of hydrogen-bond donors (Lipinski definition) is 2. The van der Waals surface area contributed by atoms with E-state index in [0.717, 1.165) is 0 Å². The van der Waals surface area contributed by atoms with Gasteiger partial charge in [-0.1, -0.05) is 37.4 Å². The molecule has 0 amide bonds. The number of carbonyl (C=O) groups is 1. The minimum atomic E-state index is -0.630. The third-order valence-corrected chi connectivity index (χ3v) is 5.61. The summed E-state index contributed by atoms with van der Waals surface area (Å²) >= 11 is 0. The fraction of sp³-hybridized carbons (Fsp3) is 0.217. The van der Waals surface area contributed by atoms with Crippen molar-refractivity contribution in [2.75, 3.05) is 0 Å². The smallest absolute Gasteiger partial charge is 0.149 e. The summed E-state index contributed by atoms with van der Waals surface area (Å²) in [6.07, 6.45) is 4.58. The van der Waals surface area contributed by atoms with E-state index in [1.165, 1.54) is 24.3 Å². The van der Waals surface area contributed by atoms with Crippen molar-refractivity contribution in [1.29, 1.82) is 0 Å². The predicted molar refractivity (Wildman–Crippen MR) is 108 cm³/mol. The van der Waals surface area contributed by atoms with Gasteiger partial charge in [-0.3, -0.25) is 9.79 Å². The Morgan fingerprint density at radius 2 is 1.79 bits per heavy atom. The second-order valence-electron chi connectivity index (χ2n) is 7.13. The van der Waals surface area contributed by atoms with Crippen molar-refractivity contribution in [2.45, 2.75) is 25.2 Å². The third-order valence-electron chi connectivity index (χ3n) is 5.61. The van der Waals surface area contributed by atoms with Crippen LogP contribution in [-0.4, -0.2) is 21.7 Å². The molecule has 28 heavy (non-hydrogen) atoms. The highest BCUT2D eigenvalue weighted by Crippen LogP contribution is 2.55. The monoisotopic (exact) mass is 377 g/mol. The van der Waals surface area contributed by atoms with Crippen molar-refractivity contribution in [2.24, 2.45) is 10.9 Å². The lowest BCUT2D eigenvalue weighted by atomic mass is 9.69. The number of phenols is 2. The van der Waals surface area contributed by atoms with Crippen molar-refractivity contribution in [3.63, 3.8) is 0 Å². The van der Waals surface area contributed by atoms with Gasteiger partial charge in [-0.15, -0.1) is 0 Å². The second kappa shape index (κ2) is 6.75. The van der Waals surface area contributed by atoms with Crippen LogP contribution in [0.25, 0.3) is 12.2 Å². The van der Waals surface area contributed by atoms with Crippen molar-refractivity contribution < 1.29 is 19.4 Å². The van der Waals surface area contributed by atoms with Crippen LogP contribution in [-0.2, 0) is 4.79 Å². The minimum absolute atomic E-state index is 0.0109. The Labute approximate surface area is 162 Å². The van der Waals surface area contributed by atoms with E-state index in [1.54, 1.807) is 12.1 Å². The van der Waals surface area contributed by atoms with E-state index >= 15 is 0 Å². The summed E-state index contributed by atoms with van der Waals surface area (Å²) in [4.78, 5) is 17.4. The van der Waals surface area contributed by atoms with Crippen LogP contribution < -0.4 is 0 Å². The summed E-state index contributed by atoms with van der Waals surface area (Å²) in [6, 6.07) is 6.00. The van der Waals surface area contributed by atoms with Crippen LogP contribution in [0.1, 0.15) is 47.4 Å². The number of aliphatic imine (C=N–C) groups is 1. The first-order valence-corrected chi connectivity index (χ1v) is 9.20. The lowest BCUT2D eigenvalue weighted by molar-refractivity contribution is -0.121. The molecule has 142 valence electrons. The average Bonchev–Trinajstić information content (AvgIpc) is 2.69. The maximum Gasteiger partial charge on any atom is 0.149 e. The molecule has 1 aliphatic carbocycles. The molecular weight excluding hydrogens is 357 g/mol. The van der Waals surface area contributed by atoms with Crippen molar-refractivity contribution in [3.8, 4) is 11.5 Å². The second-order valence-corrected chi connectivity index (χ2v) is 7.13. The van der Waals surface area contributed by atoms with Crippen LogP contribution in [0.3, 0.4) is 0 Å². The van der Waals surface area contributed by atoms with Gasteiger partial charge in [-0.25, -0.2) is 4.39 Å². The van der Waals surface area contributed by atoms with Crippen molar-refractivity contribution in [3.05, 3.63) is 65.5 Å². The summed E-state index contributed by atoms with van der Waals surface area (Å²) in [5.41, 5.74) is 2.41. The standard InChI is InChI=1S/C23H20FNO3/c1-3-14-15(4-2)23(28)21-20(22(14)27)18(12-7-5-8-13(24)11-12)19-16(25-21)9-6-10-17(19)26/h3-5,7-8,11,18-19,27-28H,1-2,6,9-10H2. The Balaban J connectivity index is 2.10. The SMILES string of the molecule is C=Cc1c(O)c2c(c(O)c1C=C)C(c1cccc(F)c1)C1C(=O)CCCC1=N2. The highest BCUT2D eigenvalue weighted by atomic mass is 19.1. The molecule has 2 atom stereocenters. The molecule has 2 aromatic rings. The number of halogens is 1. The van der Waals surface area contributed by atoms with Crippen LogP contribution in [0.4, 0.5) is 10.1 Å². The van der Waals surface area contributed by atoms with Crippen LogP contribution in [0, 0.1) is 11.7 Å². The Morgan fingerprint density at radius 1 is 1.07 bits per heavy atom. The molecule has 5 heteroatoms. The number of rotatable bonds is 3. The number of phenolic OH excluding ortho intramolecular Hbond substituents is 2. The zero-order valence-electron chi connectivity index (χ0n) is 15.3. The number of nitrogens with zero attached hydrogens (tertiary/aromatic N) is 1. The largest absolute Gasteiger partial charge is 0.507 e. The van der Waals surface area contributed by atoms with Crippen LogP contribution in [0.15, 0.2) is 42.4 Å². The molecule has 4 rings (SSSR count). The highest BCUT2D eigenvalue weighted by Gasteiger charge is 2.43. The Bertz CT molecular complexity index is 1050. The van der Waals surface area contributed by atoms with E-state index in [1.807, 2.05) is 0 Å². The first-order chi connectivity index (χ1) is 13.5. The van der Waals surface area contributed by atoms with Gasteiger partial charge in [0.1, 0.15) is 28.8 Å². The van der Waals surface area contributed by atoms with Crippen molar-refractivity contribution >= 4 is 29.3 Å². The molecule has 0 saturated heterocycles. The predicted octanol–water partition coefficient (Wildman–Crippen LogP) is 5.11. The number of ketones is 1. The lowest BCUT2D eigenvalue weighted by Gasteiger charge is -2.36. The number of Topliss-reactive ketones (excluding diaryl/α,β-unsaturated/α-hetero) is 1. The maximum absolute atomic E-state index is 14.0. The molecule has 0 radical (unpaired) electrons. The van der Waals surface area contributed by atoms with Gasteiger partial charge in [0.2, 0.25) is 0 Å². The van der Waals surface area contributed by atoms with E-state index in [-0.39, 0.29) is 23.0 Å². The van der Waals surface area contributed by atoms with Crippen molar-refractivity contribution in [1.82, 2.24) is 0 Å². The Kier molecular flexibility index (Phi) is 4.38. The summed E-state index contributed by atoms with van der Waals surface area (Å²) in [7, 11) is 0. The molecule has 4 nitrogen and oxygen atoms in total. The molecule has 1 fully saturated rings. The molecule has 0 bridgehead atoms. The molecule has 0 spiro atoms. The van der Waals surface area contributed by atoms with E-state index in [2.05, 4.69) is 18.2 Å². The first-order valence-electron chi connectivity index (χ1n) is 9.20. The fourth-order valence-electron chi connectivity index (χ4n) is 4.40. The molecule has 1 heterocycles. The normalized spacial score (nSPS) is 20.8. The lowest BCUT2D eigenvalue weighted by Crippen LogP contribution is -2.36. The average molecular weight is 377 g/mol. The van der Waals surface area contributed by atoms with Gasteiger partial charge < -0.3 is 10.2 Å². The summed E-state index contributed by atoms with van der Waals surface area (Å²) in [6.45, 7) is 7.42. The highest BCUT2D eigenvalue weighted by molar-refractivity contribution is 6.11. The summed E-state index contributed by atoms with van der Waals surface area (Å²) in [5, 5.41) is 21.9. The van der Waals surface area contributed by atoms with Gasteiger partial charge >= 0.3 is 0 Å². The van der Waals surface area contributed by atoms with Crippen LogP contribution in [0.2, 0.25) is 0 Å². The summed E-state index contributed by atoms with van der Waals surface area (Å²) < 4.78 is 14.0. The zero-order valence-corrected chi connectivity index (χ0v) is 15.3. The first kappa shape index (κ1) is 18.2. The van der Waals surface area contributed by atoms with E-state index < -0.39 is 17.7 Å². The quantitative estimate of drug-likeness (QED) is 0.730. The number of aromatic hydroxyl groups is 2. The molecule has 2 aromatic carbocycles. The minimum Gasteiger partial charge on any atom is -0.507 e. The molecule has 2 aliphatic rings. The number of carbonyl (C=O) groups excluding carboxylic acids is 1. The zero-order chi connectivity index (χ0) is 20.0. The number of fused-ring (bicyclic) bond motifs is 2. The van der Waals surface area contributed by atoms with Gasteiger partial charge in [0.05, 0.1) is 5.92 Å². The number of benzene rings is 2. The fourth-order valence-corrected chi connectivity index (χ4v) is 4.40. The molecule has 2 unspecified atom stereocenters. The Hall–Kier alpha value is -3.21. The van der Waals surface area contributed by atoms with Gasteiger partial charge in [0, 0.05) is 34.7 Å². The molecule has 1 aliphatic heterocycles. The van der Waals surface area contributed by atoms with Gasteiger partial charge in [0.15, 0.2) is 0 Å².